The number of benzene rings is 1. The van der Waals surface area contributed by atoms with Gasteiger partial charge in [0.2, 0.25) is 10.0 Å². The number of rotatable bonds is 5. The Morgan fingerprint density at radius 1 is 1.47 bits per heavy atom. The second-order valence-electron chi connectivity index (χ2n) is 4.46. The maximum absolute atomic E-state index is 12.1. The van der Waals surface area contributed by atoms with E-state index in [1.807, 2.05) is 0 Å². The Bertz CT molecular complexity index is 566. The SMILES string of the molecule is NC(=S)c1ccccc1CS(=O)(=O)NC1CCSC1. The summed E-state index contributed by atoms with van der Waals surface area (Å²) in [4.78, 5) is 0.224. The van der Waals surface area contributed by atoms with Gasteiger partial charge in [-0.25, -0.2) is 13.1 Å². The van der Waals surface area contributed by atoms with Crippen LogP contribution in [0.25, 0.3) is 0 Å². The largest absolute Gasteiger partial charge is 0.389 e. The molecule has 1 atom stereocenters. The van der Waals surface area contributed by atoms with Crippen LogP contribution in [0.15, 0.2) is 24.3 Å². The van der Waals surface area contributed by atoms with Gasteiger partial charge < -0.3 is 5.73 Å². The van der Waals surface area contributed by atoms with Crippen LogP contribution in [0.3, 0.4) is 0 Å². The first-order valence-electron chi connectivity index (χ1n) is 5.93. The fourth-order valence-electron chi connectivity index (χ4n) is 2.01. The van der Waals surface area contributed by atoms with Crippen LogP contribution < -0.4 is 10.5 Å². The minimum atomic E-state index is -3.35. The van der Waals surface area contributed by atoms with Crippen molar-refractivity contribution in [3.63, 3.8) is 0 Å². The van der Waals surface area contributed by atoms with Gasteiger partial charge in [0, 0.05) is 17.4 Å². The summed E-state index contributed by atoms with van der Waals surface area (Å²) in [5, 5.41) is 0. The van der Waals surface area contributed by atoms with Crippen LogP contribution in [-0.2, 0) is 15.8 Å². The third-order valence-corrected chi connectivity index (χ3v) is 5.67. The Morgan fingerprint density at radius 2 is 2.21 bits per heavy atom. The van der Waals surface area contributed by atoms with Crippen molar-refractivity contribution >= 4 is 39.0 Å². The van der Waals surface area contributed by atoms with Crippen LogP contribution in [0, 0.1) is 0 Å². The van der Waals surface area contributed by atoms with Gasteiger partial charge in [0.15, 0.2) is 0 Å². The van der Waals surface area contributed by atoms with Crippen molar-refractivity contribution in [1.29, 1.82) is 0 Å². The van der Waals surface area contributed by atoms with E-state index in [0.717, 1.165) is 17.9 Å². The molecule has 1 aromatic carbocycles. The second-order valence-corrected chi connectivity index (χ2v) is 7.80. The highest BCUT2D eigenvalue weighted by Gasteiger charge is 2.22. The smallest absolute Gasteiger partial charge is 0.216 e. The predicted molar refractivity (Wildman–Crippen MR) is 83.8 cm³/mol. The van der Waals surface area contributed by atoms with E-state index in [-0.39, 0.29) is 16.8 Å². The molecule has 1 heterocycles. The highest BCUT2D eigenvalue weighted by Crippen LogP contribution is 2.19. The lowest BCUT2D eigenvalue weighted by Crippen LogP contribution is -2.35. The van der Waals surface area contributed by atoms with Crippen molar-refractivity contribution in [3.8, 4) is 0 Å². The lowest BCUT2D eigenvalue weighted by Gasteiger charge is -2.13. The van der Waals surface area contributed by atoms with E-state index in [4.69, 9.17) is 18.0 Å². The highest BCUT2D eigenvalue weighted by atomic mass is 32.2. The van der Waals surface area contributed by atoms with Gasteiger partial charge >= 0.3 is 0 Å². The molecule has 0 radical (unpaired) electrons. The molecule has 7 heteroatoms. The van der Waals surface area contributed by atoms with Crippen LogP contribution in [0.5, 0.6) is 0 Å². The van der Waals surface area contributed by atoms with Crippen molar-refractivity contribution in [1.82, 2.24) is 4.72 Å². The van der Waals surface area contributed by atoms with Gasteiger partial charge in [0.05, 0.1) is 5.75 Å². The van der Waals surface area contributed by atoms with Crippen LogP contribution in [0.1, 0.15) is 17.5 Å². The molecule has 1 aromatic rings. The van der Waals surface area contributed by atoms with Gasteiger partial charge in [-0.3, -0.25) is 0 Å². The fourth-order valence-corrected chi connectivity index (χ4v) is 4.92. The van der Waals surface area contributed by atoms with Gasteiger partial charge in [0.1, 0.15) is 4.99 Å². The van der Waals surface area contributed by atoms with E-state index >= 15 is 0 Å². The lowest BCUT2D eigenvalue weighted by atomic mass is 10.1. The molecule has 1 aliphatic heterocycles. The molecule has 1 unspecified atom stereocenters. The predicted octanol–water partition coefficient (Wildman–Crippen LogP) is 1.25. The molecule has 0 bridgehead atoms. The maximum atomic E-state index is 12.1. The van der Waals surface area contributed by atoms with Crippen molar-refractivity contribution < 1.29 is 8.42 Å². The summed E-state index contributed by atoms with van der Waals surface area (Å²) < 4.78 is 27.0. The fraction of sp³-hybridized carbons (Fsp3) is 0.417. The molecule has 2 rings (SSSR count). The van der Waals surface area contributed by atoms with Crippen LogP contribution in [0.4, 0.5) is 0 Å². The third-order valence-electron chi connectivity index (χ3n) is 2.90. The number of thiocarbonyl (C=S) groups is 1. The zero-order valence-corrected chi connectivity index (χ0v) is 12.8. The number of nitrogens with one attached hydrogen (secondary N) is 1. The molecule has 104 valence electrons. The standard InChI is InChI=1S/C12H16N2O2S3/c13-12(17)11-4-2-1-3-9(11)8-19(15,16)14-10-5-6-18-7-10/h1-4,10,14H,5-8H2,(H2,13,17). The Balaban J connectivity index is 2.13. The lowest BCUT2D eigenvalue weighted by molar-refractivity contribution is 0.562. The van der Waals surface area contributed by atoms with Gasteiger partial charge in [-0.1, -0.05) is 36.5 Å². The van der Waals surface area contributed by atoms with Gasteiger partial charge in [-0.2, -0.15) is 11.8 Å². The molecule has 4 nitrogen and oxygen atoms in total. The first kappa shape index (κ1) is 14.8. The molecule has 0 aliphatic carbocycles. The number of sulfonamides is 1. The molecular formula is C12H16N2O2S3. The average molecular weight is 316 g/mol. The molecule has 1 fully saturated rings. The first-order valence-corrected chi connectivity index (χ1v) is 9.15. The van der Waals surface area contributed by atoms with Gasteiger partial charge in [-0.15, -0.1) is 0 Å². The third kappa shape index (κ3) is 4.17. The molecule has 1 saturated heterocycles. The minimum absolute atomic E-state index is 0.0481. The zero-order valence-electron chi connectivity index (χ0n) is 10.3. The average Bonchev–Trinajstić information content (AvgIpc) is 2.80. The van der Waals surface area contributed by atoms with Crippen molar-refractivity contribution in [2.75, 3.05) is 11.5 Å². The summed E-state index contributed by atoms with van der Waals surface area (Å²) in [6.45, 7) is 0. The highest BCUT2D eigenvalue weighted by molar-refractivity contribution is 7.99. The Kier molecular flexibility index (Phi) is 4.83. The molecule has 1 aliphatic rings. The van der Waals surface area contributed by atoms with Gasteiger partial charge in [-0.05, 0) is 17.7 Å². The topological polar surface area (TPSA) is 72.2 Å². The van der Waals surface area contributed by atoms with E-state index < -0.39 is 10.0 Å². The summed E-state index contributed by atoms with van der Waals surface area (Å²) >= 11 is 6.71. The monoisotopic (exact) mass is 316 g/mol. The summed E-state index contributed by atoms with van der Waals surface area (Å²) in [7, 11) is -3.35. The Labute approximate surface area is 123 Å². The number of nitrogens with two attached hydrogens (primary N) is 1. The van der Waals surface area contributed by atoms with E-state index in [1.165, 1.54) is 0 Å². The molecule has 3 N–H and O–H groups in total. The Morgan fingerprint density at radius 3 is 2.84 bits per heavy atom. The van der Waals surface area contributed by atoms with Crippen LogP contribution >= 0.6 is 24.0 Å². The Hall–Kier alpha value is -0.630. The minimum Gasteiger partial charge on any atom is -0.389 e. The number of hydrogen-bond acceptors (Lipinski definition) is 4. The van der Waals surface area contributed by atoms with Crippen molar-refractivity contribution in [2.24, 2.45) is 5.73 Å². The summed E-state index contributed by atoms with van der Waals surface area (Å²) in [5.74, 6) is 1.77. The normalized spacial score (nSPS) is 19.5. The van der Waals surface area contributed by atoms with E-state index in [9.17, 15) is 8.42 Å². The summed E-state index contributed by atoms with van der Waals surface area (Å²) in [6.07, 6.45) is 0.890. The zero-order chi connectivity index (χ0) is 13.9. The molecule has 0 spiro atoms. The summed E-state index contributed by atoms with van der Waals surface area (Å²) in [6, 6.07) is 7.13. The molecule has 0 aromatic heterocycles. The first-order chi connectivity index (χ1) is 8.98. The van der Waals surface area contributed by atoms with E-state index in [0.29, 0.717) is 11.1 Å². The van der Waals surface area contributed by atoms with Crippen LogP contribution in [-0.4, -0.2) is 31.0 Å². The number of hydrogen-bond donors (Lipinski definition) is 2. The van der Waals surface area contributed by atoms with Crippen LogP contribution in [0.2, 0.25) is 0 Å². The summed E-state index contributed by atoms with van der Waals surface area (Å²) in [5.41, 5.74) is 6.88. The molecule has 0 saturated carbocycles. The van der Waals surface area contributed by atoms with Crippen molar-refractivity contribution in [3.05, 3.63) is 35.4 Å². The van der Waals surface area contributed by atoms with E-state index in [1.54, 1.807) is 36.0 Å². The van der Waals surface area contributed by atoms with Gasteiger partial charge in [0.25, 0.3) is 0 Å². The molecular weight excluding hydrogens is 300 g/mol. The number of thioether (sulfide) groups is 1. The molecule has 0 amide bonds. The second kappa shape index (κ2) is 6.21. The van der Waals surface area contributed by atoms with E-state index in [2.05, 4.69) is 4.72 Å². The molecule has 19 heavy (non-hydrogen) atoms. The quantitative estimate of drug-likeness (QED) is 0.800. The van der Waals surface area contributed by atoms with Crippen molar-refractivity contribution in [2.45, 2.75) is 18.2 Å². The maximum Gasteiger partial charge on any atom is 0.216 e.